The maximum atomic E-state index is 6.69. The first kappa shape index (κ1) is 20.0. The monoisotopic (exact) mass is 534 g/mol. The van der Waals surface area contributed by atoms with E-state index in [0.717, 1.165) is 21.0 Å². The largest absolute Gasteiger partial charge is 0.455 e. The van der Waals surface area contributed by atoms with Gasteiger partial charge in [0.05, 0.1) is 5.41 Å². The van der Waals surface area contributed by atoms with Gasteiger partial charge >= 0.3 is 0 Å². The van der Waals surface area contributed by atoms with E-state index in [0.29, 0.717) is 0 Å². The minimum atomic E-state index is -0.438. The van der Waals surface area contributed by atoms with Crippen LogP contribution >= 0.6 is 15.9 Å². The first-order valence-corrected chi connectivity index (χ1v) is 13.4. The molecule has 2 heteroatoms. The van der Waals surface area contributed by atoms with Crippen LogP contribution < -0.4 is 0 Å². The lowest BCUT2D eigenvalue weighted by Crippen LogP contribution is -2.31. The summed E-state index contributed by atoms with van der Waals surface area (Å²) < 4.78 is 7.78. The first-order valence-electron chi connectivity index (χ1n) is 12.6. The Kier molecular flexibility index (Phi) is 3.66. The van der Waals surface area contributed by atoms with E-state index in [1.807, 2.05) is 0 Å². The number of furan rings is 1. The van der Waals surface area contributed by atoms with Crippen LogP contribution in [0.3, 0.4) is 0 Å². The Morgan fingerprint density at radius 2 is 1.30 bits per heavy atom. The van der Waals surface area contributed by atoms with E-state index < -0.39 is 5.41 Å². The molecule has 7 aromatic rings. The van der Waals surface area contributed by atoms with E-state index in [2.05, 4.69) is 131 Å². The van der Waals surface area contributed by atoms with Crippen LogP contribution in [-0.2, 0) is 5.41 Å². The topological polar surface area (TPSA) is 13.1 Å². The van der Waals surface area contributed by atoms with Crippen molar-refractivity contribution in [2.45, 2.75) is 5.41 Å². The van der Waals surface area contributed by atoms with Crippen LogP contribution in [0.5, 0.6) is 0 Å². The van der Waals surface area contributed by atoms with E-state index in [4.69, 9.17) is 4.42 Å². The second-order valence-electron chi connectivity index (χ2n) is 10.2. The lowest BCUT2D eigenvalue weighted by molar-refractivity contribution is 0.667. The Morgan fingerprint density at radius 3 is 2.24 bits per heavy atom. The Bertz CT molecular complexity index is 2110. The predicted octanol–water partition coefficient (Wildman–Crippen LogP) is 9.85. The average Bonchev–Trinajstić information content (AvgIpc) is 3.45. The Labute approximate surface area is 222 Å². The Hall–Kier alpha value is -4.14. The van der Waals surface area contributed by atoms with Gasteiger partial charge in [0.15, 0.2) is 0 Å². The highest BCUT2D eigenvalue weighted by atomic mass is 79.9. The molecule has 1 heterocycles. The van der Waals surface area contributed by atoms with E-state index >= 15 is 0 Å². The fourth-order valence-electron chi connectivity index (χ4n) is 7.21. The molecular formula is C35H19BrO. The number of para-hydroxylation sites is 1. The van der Waals surface area contributed by atoms with Gasteiger partial charge in [0.1, 0.15) is 11.2 Å². The quantitative estimate of drug-likeness (QED) is 0.188. The highest BCUT2D eigenvalue weighted by Crippen LogP contribution is 2.63. The smallest absolute Gasteiger partial charge is 0.143 e. The van der Waals surface area contributed by atoms with Crippen LogP contribution in [0.2, 0.25) is 0 Å². The highest BCUT2D eigenvalue weighted by molar-refractivity contribution is 9.10. The highest BCUT2D eigenvalue weighted by Gasteiger charge is 2.50. The molecule has 2 aliphatic carbocycles. The summed E-state index contributed by atoms with van der Waals surface area (Å²) >= 11 is 3.81. The molecule has 6 aromatic carbocycles. The lowest BCUT2D eigenvalue weighted by Gasteiger charge is -2.40. The van der Waals surface area contributed by atoms with Gasteiger partial charge < -0.3 is 4.42 Å². The average molecular weight is 535 g/mol. The molecule has 37 heavy (non-hydrogen) atoms. The van der Waals surface area contributed by atoms with Gasteiger partial charge in [-0.1, -0.05) is 113 Å². The van der Waals surface area contributed by atoms with Crippen LogP contribution in [0.1, 0.15) is 22.3 Å². The van der Waals surface area contributed by atoms with Crippen molar-refractivity contribution in [3.63, 3.8) is 0 Å². The fourth-order valence-corrected chi connectivity index (χ4v) is 7.57. The molecular weight excluding hydrogens is 516 g/mol. The maximum Gasteiger partial charge on any atom is 0.143 e. The van der Waals surface area contributed by atoms with Crippen LogP contribution in [0.4, 0.5) is 0 Å². The molecule has 1 aromatic heterocycles. The number of halogens is 1. The second kappa shape index (κ2) is 6.79. The van der Waals surface area contributed by atoms with Gasteiger partial charge in [0, 0.05) is 20.8 Å². The van der Waals surface area contributed by atoms with E-state index in [1.165, 1.54) is 60.7 Å². The predicted molar refractivity (Wildman–Crippen MR) is 155 cm³/mol. The molecule has 1 spiro atoms. The molecule has 0 radical (unpaired) electrons. The van der Waals surface area contributed by atoms with Crippen molar-refractivity contribution in [3.8, 4) is 22.3 Å². The van der Waals surface area contributed by atoms with Gasteiger partial charge in [-0.2, -0.15) is 0 Å². The summed E-state index contributed by atoms with van der Waals surface area (Å²) in [4.78, 5) is 0. The second-order valence-corrected chi connectivity index (χ2v) is 11.1. The molecule has 172 valence electrons. The molecule has 0 amide bonds. The molecule has 0 saturated heterocycles. The summed E-state index contributed by atoms with van der Waals surface area (Å²) in [5.41, 5.74) is 11.8. The molecule has 0 fully saturated rings. The van der Waals surface area contributed by atoms with Crippen molar-refractivity contribution in [1.82, 2.24) is 0 Å². The minimum Gasteiger partial charge on any atom is -0.455 e. The molecule has 1 atom stereocenters. The van der Waals surface area contributed by atoms with E-state index in [1.54, 1.807) is 0 Å². The van der Waals surface area contributed by atoms with Gasteiger partial charge in [-0.3, -0.25) is 0 Å². The van der Waals surface area contributed by atoms with Crippen molar-refractivity contribution in [3.05, 3.63) is 142 Å². The number of hydrogen-bond acceptors (Lipinski definition) is 1. The zero-order chi connectivity index (χ0) is 24.3. The Morgan fingerprint density at radius 1 is 0.541 bits per heavy atom. The number of benzene rings is 6. The van der Waals surface area contributed by atoms with Crippen LogP contribution in [0.15, 0.2) is 124 Å². The summed E-state index contributed by atoms with van der Waals surface area (Å²) in [6, 6.07) is 42.2. The summed E-state index contributed by atoms with van der Waals surface area (Å²) in [6.07, 6.45) is 0. The van der Waals surface area contributed by atoms with Crippen molar-refractivity contribution in [2.24, 2.45) is 0 Å². The van der Waals surface area contributed by atoms with Gasteiger partial charge in [0.25, 0.3) is 0 Å². The van der Waals surface area contributed by atoms with Crippen molar-refractivity contribution in [2.75, 3.05) is 0 Å². The lowest BCUT2D eigenvalue weighted by atomic mass is 9.61. The molecule has 0 N–H and O–H groups in total. The fraction of sp³-hybridized carbons (Fsp3) is 0.0286. The van der Waals surface area contributed by atoms with Gasteiger partial charge in [-0.05, 0) is 67.9 Å². The number of rotatable bonds is 0. The normalized spacial score (nSPS) is 16.9. The van der Waals surface area contributed by atoms with Crippen LogP contribution in [0, 0.1) is 0 Å². The van der Waals surface area contributed by atoms with Crippen molar-refractivity contribution >= 4 is 48.6 Å². The molecule has 2 aliphatic rings. The third-order valence-electron chi connectivity index (χ3n) is 8.54. The molecule has 0 bridgehead atoms. The zero-order valence-electron chi connectivity index (χ0n) is 19.8. The molecule has 1 nitrogen and oxygen atoms in total. The molecule has 1 unspecified atom stereocenters. The third kappa shape index (κ3) is 2.27. The summed E-state index contributed by atoms with van der Waals surface area (Å²) in [5, 5.41) is 4.90. The van der Waals surface area contributed by atoms with E-state index in [9.17, 15) is 0 Å². The maximum absolute atomic E-state index is 6.69. The summed E-state index contributed by atoms with van der Waals surface area (Å²) in [7, 11) is 0. The summed E-state index contributed by atoms with van der Waals surface area (Å²) in [6.45, 7) is 0. The van der Waals surface area contributed by atoms with Gasteiger partial charge in [-0.15, -0.1) is 0 Å². The van der Waals surface area contributed by atoms with E-state index in [-0.39, 0.29) is 0 Å². The number of fused-ring (bicyclic) bond motifs is 13. The molecule has 9 rings (SSSR count). The first-order chi connectivity index (χ1) is 18.3. The SMILES string of the molecule is Brc1ccc2c(c1)C1(c3ccccc3-2)c2ccc3c(oc4ccccc43)c2-c2cccc3cccc1c23. The van der Waals surface area contributed by atoms with Crippen molar-refractivity contribution in [1.29, 1.82) is 0 Å². The summed E-state index contributed by atoms with van der Waals surface area (Å²) in [5.74, 6) is 0. The van der Waals surface area contributed by atoms with Crippen molar-refractivity contribution < 1.29 is 4.42 Å². The Balaban J connectivity index is 1.59. The molecule has 0 aliphatic heterocycles. The van der Waals surface area contributed by atoms with Gasteiger partial charge in [0.2, 0.25) is 0 Å². The molecule has 0 saturated carbocycles. The minimum absolute atomic E-state index is 0.438. The standard InChI is InChI=1S/C35H19BrO/c36-21-15-16-23-22-9-1-3-12-27(22)35(30(23)19-21)28-13-6-8-20-7-5-11-26(32(20)28)33-29(35)18-17-25-24-10-2-4-14-31(24)37-34(25)33/h1-19H. The van der Waals surface area contributed by atoms with Crippen LogP contribution in [-0.4, -0.2) is 0 Å². The third-order valence-corrected chi connectivity index (χ3v) is 9.03. The zero-order valence-corrected chi connectivity index (χ0v) is 21.3. The van der Waals surface area contributed by atoms with Gasteiger partial charge in [-0.25, -0.2) is 0 Å². The van der Waals surface area contributed by atoms with Crippen LogP contribution in [0.25, 0.3) is 55.0 Å². The number of hydrogen-bond donors (Lipinski definition) is 0.